The van der Waals surface area contributed by atoms with Crippen molar-refractivity contribution < 1.29 is 18.0 Å². The van der Waals surface area contributed by atoms with Gasteiger partial charge < -0.3 is 10.2 Å². The van der Waals surface area contributed by atoms with E-state index in [1.165, 1.54) is 18.4 Å². The average Bonchev–Trinajstić information content (AvgIpc) is 2.91. The molecule has 2 amide bonds. The number of aromatic nitrogens is 1. The Bertz CT molecular complexity index is 708. The molecule has 0 aromatic carbocycles. The number of aryl methyl sites for hydroxylation is 1. The summed E-state index contributed by atoms with van der Waals surface area (Å²) < 4.78 is 23.8. The van der Waals surface area contributed by atoms with Crippen molar-refractivity contribution in [3.05, 3.63) is 11.1 Å². The van der Waals surface area contributed by atoms with Crippen molar-refractivity contribution in [3.63, 3.8) is 0 Å². The summed E-state index contributed by atoms with van der Waals surface area (Å²) in [6.45, 7) is 2.59. The highest BCUT2D eigenvalue weighted by Crippen LogP contribution is 2.21. The van der Waals surface area contributed by atoms with Gasteiger partial charge in [-0.15, -0.1) is 11.3 Å². The molecule has 1 saturated heterocycles. The molecule has 0 aliphatic carbocycles. The van der Waals surface area contributed by atoms with Crippen molar-refractivity contribution in [2.45, 2.75) is 19.8 Å². The van der Waals surface area contributed by atoms with Crippen LogP contribution >= 0.6 is 11.3 Å². The first-order chi connectivity index (χ1) is 11.2. The number of carbonyl (C=O) groups is 2. The first-order valence-electron chi connectivity index (χ1n) is 7.59. The maximum Gasteiger partial charge on any atom is 0.237 e. The van der Waals surface area contributed by atoms with Crippen molar-refractivity contribution in [1.82, 2.24) is 14.2 Å². The van der Waals surface area contributed by atoms with Crippen molar-refractivity contribution in [2.24, 2.45) is 5.92 Å². The van der Waals surface area contributed by atoms with E-state index < -0.39 is 10.0 Å². The third kappa shape index (κ3) is 4.99. The van der Waals surface area contributed by atoms with E-state index >= 15 is 0 Å². The molecule has 2 heterocycles. The molecule has 10 heteroatoms. The molecule has 0 radical (unpaired) electrons. The molecule has 24 heavy (non-hydrogen) atoms. The summed E-state index contributed by atoms with van der Waals surface area (Å²) in [6.07, 6.45) is 2.19. The third-order valence-electron chi connectivity index (χ3n) is 3.99. The smallest absolute Gasteiger partial charge is 0.237 e. The molecule has 0 spiro atoms. The van der Waals surface area contributed by atoms with Crippen LogP contribution < -0.4 is 5.32 Å². The van der Waals surface area contributed by atoms with E-state index in [1.807, 2.05) is 12.3 Å². The molecule has 0 atom stereocenters. The molecule has 8 nitrogen and oxygen atoms in total. The fourth-order valence-corrected chi connectivity index (χ4v) is 3.45. The second kappa shape index (κ2) is 7.58. The standard InChI is InChI=1S/C14H22N4O4S2/c1-10-9-23-14(15-10)16-13(20)11-4-6-18(7-5-11)12(19)8-17(2)24(3,21)22/h9,11H,4-8H2,1-3H3,(H,15,16,20). The lowest BCUT2D eigenvalue weighted by atomic mass is 9.96. The number of amides is 2. The zero-order chi connectivity index (χ0) is 17.9. The molecule has 2 rings (SSSR count). The number of piperidine rings is 1. The van der Waals surface area contributed by atoms with Gasteiger partial charge >= 0.3 is 0 Å². The average molecular weight is 374 g/mol. The maximum absolute atomic E-state index is 12.2. The van der Waals surface area contributed by atoms with Crippen LogP contribution in [0.2, 0.25) is 0 Å². The SMILES string of the molecule is Cc1csc(NC(=O)C2CCN(C(=O)CN(C)S(C)(=O)=O)CC2)n1. The highest BCUT2D eigenvalue weighted by Gasteiger charge is 2.29. The molecule has 1 aliphatic heterocycles. The number of nitrogens with one attached hydrogen (secondary N) is 1. The first-order valence-corrected chi connectivity index (χ1v) is 10.3. The lowest BCUT2D eigenvalue weighted by Gasteiger charge is -2.32. The minimum absolute atomic E-state index is 0.0790. The number of sulfonamides is 1. The lowest BCUT2D eigenvalue weighted by molar-refractivity contribution is -0.134. The molecular weight excluding hydrogens is 352 g/mol. The summed E-state index contributed by atoms with van der Waals surface area (Å²) >= 11 is 1.39. The van der Waals surface area contributed by atoms with Crippen LogP contribution in [0.4, 0.5) is 5.13 Å². The molecule has 0 bridgehead atoms. The van der Waals surface area contributed by atoms with E-state index in [0.29, 0.717) is 31.1 Å². The van der Waals surface area contributed by atoms with Gasteiger partial charge in [-0.25, -0.2) is 13.4 Å². The fourth-order valence-electron chi connectivity index (χ4n) is 2.42. The van der Waals surface area contributed by atoms with E-state index in [0.717, 1.165) is 16.3 Å². The van der Waals surface area contributed by atoms with Gasteiger partial charge in [0, 0.05) is 31.4 Å². The van der Waals surface area contributed by atoms with E-state index in [2.05, 4.69) is 10.3 Å². The number of thiazole rings is 1. The Labute approximate surface area is 145 Å². The van der Waals surface area contributed by atoms with Crippen LogP contribution in [-0.4, -0.2) is 67.4 Å². The monoisotopic (exact) mass is 374 g/mol. The van der Waals surface area contributed by atoms with Crippen LogP contribution in [-0.2, 0) is 19.6 Å². The molecule has 0 unspecified atom stereocenters. The Kier molecular flexibility index (Phi) is 5.94. The van der Waals surface area contributed by atoms with Gasteiger partial charge in [0.1, 0.15) is 0 Å². The Morgan fingerprint density at radius 2 is 2.04 bits per heavy atom. The Morgan fingerprint density at radius 3 is 2.54 bits per heavy atom. The highest BCUT2D eigenvalue weighted by molar-refractivity contribution is 7.88. The quantitative estimate of drug-likeness (QED) is 0.810. The van der Waals surface area contributed by atoms with Crippen LogP contribution in [0.1, 0.15) is 18.5 Å². The van der Waals surface area contributed by atoms with Gasteiger partial charge in [0.05, 0.1) is 18.5 Å². The van der Waals surface area contributed by atoms with Crippen molar-refractivity contribution in [3.8, 4) is 0 Å². The molecule has 1 N–H and O–H groups in total. The number of nitrogens with zero attached hydrogens (tertiary/aromatic N) is 3. The van der Waals surface area contributed by atoms with Crippen LogP contribution in [0.5, 0.6) is 0 Å². The molecule has 1 aliphatic rings. The summed E-state index contributed by atoms with van der Waals surface area (Å²) in [6, 6.07) is 0. The normalized spacial score (nSPS) is 16.4. The van der Waals surface area contributed by atoms with E-state index in [9.17, 15) is 18.0 Å². The molecule has 1 aromatic rings. The Balaban J connectivity index is 1.82. The summed E-state index contributed by atoms with van der Waals surface area (Å²) in [4.78, 5) is 30.2. The Morgan fingerprint density at radius 1 is 1.42 bits per heavy atom. The minimum atomic E-state index is -3.38. The number of carbonyl (C=O) groups excluding carboxylic acids is 2. The fraction of sp³-hybridized carbons (Fsp3) is 0.643. The number of likely N-dealkylation sites (N-methyl/N-ethyl adjacent to an activating group) is 1. The van der Waals surface area contributed by atoms with Gasteiger partial charge in [-0.1, -0.05) is 0 Å². The summed E-state index contributed by atoms with van der Waals surface area (Å²) in [5.74, 6) is -0.479. The van der Waals surface area contributed by atoms with Crippen molar-refractivity contribution in [2.75, 3.05) is 38.3 Å². The third-order valence-corrected chi connectivity index (χ3v) is 6.13. The van der Waals surface area contributed by atoms with E-state index in [4.69, 9.17) is 0 Å². The van der Waals surface area contributed by atoms with Crippen LogP contribution in [0.15, 0.2) is 5.38 Å². The van der Waals surface area contributed by atoms with Crippen molar-refractivity contribution in [1.29, 1.82) is 0 Å². The zero-order valence-corrected chi connectivity index (χ0v) is 15.6. The second-order valence-corrected chi connectivity index (χ2v) is 8.90. The van der Waals surface area contributed by atoms with E-state index in [-0.39, 0.29) is 24.3 Å². The van der Waals surface area contributed by atoms with Crippen LogP contribution in [0.3, 0.4) is 0 Å². The minimum Gasteiger partial charge on any atom is -0.342 e. The molecule has 0 saturated carbocycles. The maximum atomic E-state index is 12.2. The number of hydrogen-bond acceptors (Lipinski definition) is 6. The topological polar surface area (TPSA) is 99.7 Å². The summed E-state index contributed by atoms with van der Waals surface area (Å²) in [7, 11) is -2.00. The number of anilines is 1. The van der Waals surface area contributed by atoms with E-state index in [1.54, 1.807) is 4.90 Å². The van der Waals surface area contributed by atoms with Gasteiger partial charge in [-0.2, -0.15) is 4.31 Å². The Hall–Kier alpha value is -1.52. The largest absolute Gasteiger partial charge is 0.342 e. The van der Waals surface area contributed by atoms with Crippen LogP contribution in [0, 0.1) is 12.8 Å². The molecule has 1 aromatic heterocycles. The van der Waals surface area contributed by atoms with Gasteiger partial charge in [-0.3, -0.25) is 9.59 Å². The zero-order valence-electron chi connectivity index (χ0n) is 14.0. The molecule has 1 fully saturated rings. The lowest BCUT2D eigenvalue weighted by Crippen LogP contribution is -2.45. The summed E-state index contributed by atoms with van der Waals surface area (Å²) in [5.41, 5.74) is 0.866. The predicted octanol–water partition coefficient (Wildman–Crippen LogP) is 0.520. The van der Waals surface area contributed by atoms with Gasteiger partial charge in [0.2, 0.25) is 21.8 Å². The number of rotatable bonds is 5. The predicted molar refractivity (Wildman–Crippen MR) is 92.3 cm³/mol. The second-order valence-electron chi connectivity index (χ2n) is 5.96. The summed E-state index contributed by atoms with van der Waals surface area (Å²) in [5, 5.41) is 5.27. The first kappa shape index (κ1) is 18.8. The number of hydrogen-bond donors (Lipinski definition) is 1. The highest BCUT2D eigenvalue weighted by atomic mass is 32.2. The van der Waals surface area contributed by atoms with Gasteiger partial charge in [0.25, 0.3) is 0 Å². The van der Waals surface area contributed by atoms with Gasteiger partial charge in [0.15, 0.2) is 5.13 Å². The molecule has 134 valence electrons. The number of likely N-dealkylation sites (tertiary alicyclic amines) is 1. The van der Waals surface area contributed by atoms with Crippen LogP contribution in [0.25, 0.3) is 0 Å². The molecular formula is C14H22N4O4S2. The van der Waals surface area contributed by atoms with Crippen molar-refractivity contribution >= 4 is 38.3 Å². The van der Waals surface area contributed by atoms with Gasteiger partial charge in [-0.05, 0) is 19.8 Å².